The average Bonchev–Trinajstić information content (AvgIpc) is 1.56. The van der Waals surface area contributed by atoms with Crippen LogP contribution in [0, 0.1) is 10.5 Å². The second kappa shape index (κ2) is 20.8. The van der Waals surface area contributed by atoms with Gasteiger partial charge >= 0.3 is 13.7 Å². The Morgan fingerprint density at radius 1 is 0.295 bits per heavy atom. The first-order valence-corrected chi connectivity index (χ1v) is 31.8. The number of hydrogen-bond donors (Lipinski definition) is 1. The van der Waals surface area contributed by atoms with Crippen LogP contribution in [0.5, 0.6) is 0 Å². The molecule has 88 heavy (non-hydrogen) atoms. The molecule has 8 heterocycles. The average molecular weight is 1230 g/mol. The summed E-state index contributed by atoms with van der Waals surface area (Å²) < 4.78 is 8.99. The first kappa shape index (κ1) is 52.3. The third kappa shape index (κ3) is 7.79. The molecule has 0 atom stereocenters. The van der Waals surface area contributed by atoms with E-state index in [1.54, 1.807) is 0 Å². The van der Waals surface area contributed by atoms with Crippen LogP contribution in [-0.4, -0.2) is 32.2 Å². The molecule has 0 saturated heterocycles. The quantitative estimate of drug-likeness (QED) is 0.125. The Labute approximate surface area is 525 Å². The van der Waals surface area contributed by atoms with Crippen molar-refractivity contribution in [2.75, 3.05) is 0 Å². The Morgan fingerprint density at radius 3 is 1.11 bits per heavy atom. The van der Waals surface area contributed by atoms with Gasteiger partial charge in [-0.1, -0.05) is 256 Å². The molecule has 0 radical (unpaired) electrons. The van der Waals surface area contributed by atoms with E-state index in [0.29, 0.717) is 0 Å². The van der Waals surface area contributed by atoms with Gasteiger partial charge < -0.3 is 18.5 Å². The van der Waals surface area contributed by atoms with Crippen LogP contribution in [0.2, 0.25) is 0 Å². The van der Waals surface area contributed by atoms with Crippen molar-refractivity contribution in [3.05, 3.63) is 294 Å². The predicted molar refractivity (Wildman–Crippen MR) is 387 cm³/mol. The van der Waals surface area contributed by atoms with Gasteiger partial charge in [-0.15, -0.1) is 0 Å². The second-order valence-corrected chi connectivity index (χ2v) is 24.5. The smallest absolute Gasteiger partial charge is 0.329 e. The Hall–Kier alpha value is -10.1. The summed E-state index contributed by atoms with van der Waals surface area (Å²) in [6.07, 6.45) is 0. The molecule has 4 aliphatic rings. The molecule has 0 saturated carbocycles. The molecule has 0 unspecified atom stereocenters. The number of para-hydroxylation sites is 6. The first-order chi connectivity index (χ1) is 43.6. The number of nitrogens with zero attached hydrogens (tertiary/aromatic N) is 3. The Morgan fingerprint density at radius 2 is 0.648 bits per heavy atom. The van der Waals surface area contributed by atoms with Crippen LogP contribution in [0.25, 0.3) is 137 Å². The zero-order valence-corrected chi connectivity index (χ0v) is 51.2. The second-order valence-electron chi connectivity index (χ2n) is 23.3. The maximum atomic E-state index is 3.38. The summed E-state index contributed by atoms with van der Waals surface area (Å²) in [6.45, 7) is 6.51. The summed E-state index contributed by atoms with van der Waals surface area (Å²) in [5.74, 6) is 0. The van der Waals surface area contributed by atoms with E-state index in [1.807, 2.05) is 32.0 Å². The van der Waals surface area contributed by atoms with E-state index in [9.17, 15) is 0 Å². The highest BCUT2D eigenvalue weighted by atomic mass is 127. The van der Waals surface area contributed by atoms with Crippen molar-refractivity contribution in [2.45, 2.75) is 20.8 Å². The van der Waals surface area contributed by atoms with Crippen molar-refractivity contribution >= 4 is 145 Å². The van der Waals surface area contributed by atoms with E-state index in [-0.39, 0.29) is 13.7 Å². The minimum Gasteiger partial charge on any atom is -0.375 e. The molecular formula is C81H57B2IN4. The predicted octanol–water partition coefficient (Wildman–Crippen LogP) is 18.9. The third-order valence-electron chi connectivity index (χ3n) is 18.7. The summed E-state index contributed by atoms with van der Waals surface area (Å²) in [5.41, 5.74) is 29.3. The fraction of sp³-hybridized carbons (Fsp3) is 0.0370. The molecule has 414 valence electrons. The van der Waals surface area contributed by atoms with Gasteiger partial charge in [0.1, 0.15) is 0 Å². The number of fused-ring (bicyclic) bond motifs is 20. The highest BCUT2D eigenvalue weighted by Crippen LogP contribution is 2.48. The van der Waals surface area contributed by atoms with Crippen LogP contribution in [-0.2, 0) is 0 Å². The maximum absolute atomic E-state index is 3.38. The van der Waals surface area contributed by atoms with Gasteiger partial charge in [-0.3, -0.25) is 0 Å². The van der Waals surface area contributed by atoms with Gasteiger partial charge in [-0.2, -0.15) is 0 Å². The van der Waals surface area contributed by atoms with E-state index in [1.165, 1.54) is 168 Å². The van der Waals surface area contributed by atoms with Crippen LogP contribution in [0.3, 0.4) is 0 Å². The molecule has 0 amide bonds. The molecule has 17 aromatic rings. The van der Waals surface area contributed by atoms with Gasteiger partial charge in [0.15, 0.2) is 0 Å². The largest absolute Gasteiger partial charge is 0.375 e. The lowest BCUT2D eigenvalue weighted by molar-refractivity contribution is 1.18. The molecule has 0 fully saturated rings. The minimum atomic E-state index is 0.180. The number of aryl methyl sites for hydroxylation is 1. The number of rotatable bonds is 1. The first-order valence-electron chi connectivity index (χ1n) is 30.8. The van der Waals surface area contributed by atoms with Crippen molar-refractivity contribution in [1.82, 2.24) is 18.5 Å². The van der Waals surface area contributed by atoms with Gasteiger partial charge in [0.25, 0.3) is 0 Å². The monoisotopic (exact) mass is 1230 g/mol. The van der Waals surface area contributed by atoms with Crippen LogP contribution in [0.15, 0.2) is 285 Å². The van der Waals surface area contributed by atoms with Crippen LogP contribution in [0.1, 0.15) is 19.4 Å². The van der Waals surface area contributed by atoms with Gasteiger partial charge in [0.05, 0.1) is 11.0 Å². The van der Waals surface area contributed by atoms with Gasteiger partial charge in [0, 0.05) is 108 Å². The number of aromatic amines is 1. The molecule has 4 aliphatic heterocycles. The summed E-state index contributed by atoms with van der Waals surface area (Å²) in [7, 11) is 0. The highest BCUT2D eigenvalue weighted by Gasteiger charge is 2.41. The van der Waals surface area contributed by atoms with Gasteiger partial charge in [0.2, 0.25) is 0 Å². The van der Waals surface area contributed by atoms with E-state index < -0.39 is 0 Å². The Balaban J connectivity index is 0.000000105. The number of H-pyrrole nitrogens is 1. The standard InChI is InChI=1S/C36H21BN2.C24H13BIN.C12H9N.C7H8.C2H6/c1-5-16-31-23(10-1)27-14-9-15-28-30-21-22(38-33-18-7-3-12-25(33)26-13-4-8-19-34(26)38)20-29-24-11-2-6-17-32(24)37(31)39(35(27)28)36(29)30;26-14-12-19-16-7-2-4-11-22(16)25-21-10-3-1-6-15(21)17-8-5-9-18-20(13-14)24(19)27(25)23(17)18;1-3-7-11-9(5-1)10-6-2-4-8-12(10)13-11;1-7-5-3-2-4-6-7;1-2/h1-21H;1-13H;1-8,13H;2-6H,1H3;1-2H3. The summed E-state index contributed by atoms with van der Waals surface area (Å²) >= 11 is 2.46. The van der Waals surface area contributed by atoms with Crippen molar-refractivity contribution in [3.63, 3.8) is 0 Å². The summed E-state index contributed by atoms with van der Waals surface area (Å²) in [6, 6.07) is 104. The lowest BCUT2D eigenvalue weighted by Gasteiger charge is -2.32. The zero-order valence-electron chi connectivity index (χ0n) is 49.0. The number of benzene rings is 13. The molecule has 4 aromatic heterocycles. The van der Waals surface area contributed by atoms with Crippen LogP contribution >= 0.6 is 22.6 Å². The van der Waals surface area contributed by atoms with E-state index in [4.69, 9.17) is 0 Å². The topological polar surface area (TPSA) is 30.6 Å². The van der Waals surface area contributed by atoms with Crippen molar-refractivity contribution < 1.29 is 0 Å². The normalized spacial score (nSPS) is 12.3. The van der Waals surface area contributed by atoms with Crippen LogP contribution < -0.4 is 21.9 Å². The van der Waals surface area contributed by atoms with Gasteiger partial charge in [-0.05, 0) is 122 Å². The molecular weight excluding hydrogens is 1180 g/mol. The van der Waals surface area contributed by atoms with E-state index in [0.717, 1.165) is 0 Å². The summed E-state index contributed by atoms with van der Waals surface area (Å²) in [5, 5.41) is 10.6. The fourth-order valence-electron chi connectivity index (χ4n) is 15.3. The number of nitrogens with one attached hydrogen (secondary N) is 1. The SMILES string of the molecule is CC.Cc1ccccc1.Ic1cc2c3c(c1)c1cccc4c1n3B(c1ccccc1-4)c1ccccc1-2.c1ccc2c(c1)B1c3ccccc3-c3cc(-n4c5ccccc5c5ccccc54)cc4c5cccc-2c5n1c34.c1ccc2c(c1)[nH]c1ccccc12. The minimum absolute atomic E-state index is 0.180. The van der Waals surface area contributed by atoms with Crippen molar-refractivity contribution in [1.29, 1.82) is 0 Å². The fourth-order valence-corrected chi connectivity index (χ4v) is 15.9. The molecule has 21 rings (SSSR count). The van der Waals surface area contributed by atoms with E-state index >= 15 is 0 Å². The Kier molecular flexibility index (Phi) is 12.4. The molecule has 13 aromatic carbocycles. The maximum Gasteiger partial charge on any atom is 0.329 e. The van der Waals surface area contributed by atoms with Crippen molar-refractivity contribution in [2.24, 2.45) is 0 Å². The highest BCUT2D eigenvalue weighted by molar-refractivity contribution is 14.1. The van der Waals surface area contributed by atoms with Crippen LogP contribution in [0.4, 0.5) is 0 Å². The van der Waals surface area contributed by atoms with Crippen molar-refractivity contribution in [3.8, 4) is 50.2 Å². The molecule has 0 bridgehead atoms. The third-order valence-corrected chi connectivity index (χ3v) is 19.3. The van der Waals surface area contributed by atoms with Gasteiger partial charge in [-0.25, -0.2) is 0 Å². The molecule has 7 heteroatoms. The molecule has 1 N–H and O–H groups in total. The molecule has 4 nitrogen and oxygen atoms in total. The molecule has 0 spiro atoms. The molecule has 0 aliphatic carbocycles. The summed E-state index contributed by atoms with van der Waals surface area (Å²) in [4.78, 5) is 3.38. The zero-order chi connectivity index (χ0) is 58.7. The number of aromatic nitrogens is 4. The lowest BCUT2D eigenvalue weighted by Crippen LogP contribution is -2.53. The Bertz CT molecular complexity index is 5560. The lowest BCUT2D eigenvalue weighted by atomic mass is 9.45. The number of halogens is 1. The number of hydrogen-bond acceptors (Lipinski definition) is 0. The van der Waals surface area contributed by atoms with E-state index in [2.05, 4.69) is 315 Å².